The van der Waals surface area contributed by atoms with E-state index in [-0.39, 0.29) is 11.4 Å². The standard InChI is InChI=1S/C14H23NO3S3/c1-11-8-13(20-12(11)9-16)21(17,18)15-10-14(19-2)6-4-3-5-7-14/h8,15-16H,3-7,9-10H2,1-2H3. The Morgan fingerprint density at radius 2 is 2.05 bits per heavy atom. The van der Waals surface area contributed by atoms with E-state index in [1.165, 1.54) is 19.3 Å². The first-order valence-electron chi connectivity index (χ1n) is 7.17. The fourth-order valence-corrected chi connectivity index (χ4v) is 6.35. The average molecular weight is 350 g/mol. The molecule has 1 saturated carbocycles. The molecular weight excluding hydrogens is 326 g/mol. The lowest BCUT2D eigenvalue weighted by atomic mass is 9.88. The molecule has 0 radical (unpaired) electrons. The molecule has 1 aliphatic rings. The number of aryl methyl sites for hydroxylation is 1. The van der Waals surface area contributed by atoms with Crippen LogP contribution in [0.1, 0.15) is 42.5 Å². The number of thiophene rings is 1. The van der Waals surface area contributed by atoms with Gasteiger partial charge in [-0.15, -0.1) is 11.3 Å². The Morgan fingerprint density at radius 1 is 1.38 bits per heavy atom. The highest BCUT2D eigenvalue weighted by atomic mass is 32.2. The van der Waals surface area contributed by atoms with Gasteiger partial charge in [0.2, 0.25) is 10.0 Å². The second-order valence-electron chi connectivity index (χ2n) is 5.60. The van der Waals surface area contributed by atoms with Crippen molar-refractivity contribution in [3.05, 3.63) is 16.5 Å². The molecule has 0 amide bonds. The summed E-state index contributed by atoms with van der Waals surface area (Å²) in [5.74, 6) is 0. The van der Waals surface area contributed by atoms with Gasteiger partial charge in [0.25, 0.3) is 0 Å². The first-order chi connectivity index (χ1) is 9.92. The van der Waals surface area contributed by atoms with Gasteiger partial charge in [-0.2, -0.15) is 11.8 Å². The van der Waals surface area contributed by atoms with Crippen LogP contribution in [0.2, 0.25) is 0 Å². The van der Waals surface area contributed by atoms with E-state index in [9.17, 15) is 13.5 Å². The minimum absolute atomic E-state index is 0.0391. The van der Waals surface area contributed by atoms with Gasteiger partial charge in [0.1, 0.15) is 4.21 Å². The quantitative estimate of drug-likeness (QED) is 0.829. The van der Waals surface area contributed by atoms with Gasteiger partial charge in [0.05, 0.1) is 6.61 Å². The fourth-order valence-electron chi connectivity index (χ4n) is 2.72. The predicted molar refractivity (Wildman–Crippen MR) is 89.5 cm³/mol. The lowest BCUT2D eigenvalue weighted by molar-refractivity contribution is 0.285. The minimum Gasteiger partial charge on any atom is -0.391 e. The average Bonchev–Trinajstić information content (AvgIpc) is 2.88. The molecule has 2 rings (SSSR count). The maximum Gasteiger partial charge on any atom is 0.250 e. The van der Waals surface area contributed by atoms with Gasteiger partial charge in [-0.3, -0.25) is 0 Å². The van der Waals surface area contributed by atoms with Crippen LogP contribution in [0.15, 0.2) is 10.3 Å². The van der Waals surface area contributed by atoms with Gasteiger partial charge in [-0.1, -0.05) is 19.3 Å². The predicted octanol–water partition coefficient (Wildman–Crippen LogP) is 2.89. The van der Waals surface area contributed by atoms with Gasteiger partial charge >= 0.3 is 0 Å². The van der Waals surface area contributed by atoms with Crippen LogP contribution >= 0.6 is 23.1 Å². The summed E-state index contributed by atoms with van der Waals surface area (Å²) >= 11 is 2.93. The zero-order chi connectivity index (χ0) is 15.5. The number of sulfonamides is 1. The maximum absolute atomic E-state index is 12.4. The normalized spacial score (nSPS) is 18.8. The van der Waals surface area contributed by atoms with Crippen molar-refractivity contribution >= 4 is 33.1 Å². The first-order valence-corrected chi connectivity index (χ1v) is 10.7. The highest BCUT2D eigenvalue weighted by Gasteiger charge is 2.33. The lowest BCUT2D eigenvalue weighted by Gasteiger charge is -2.35. The van der Waals surface area contributed by atoms with Crippen molar-refractivity contribution in [3.8, 4) is 0 Å². The molecule has 0 saturated heterocycles. The van der Waals surface area contributed by atoms with Gasteiger partial charge in [-0.25, -0.2) is 13.1 Å². The summed E-state index contributed by atoms with van der Waals surface area (Å²) in [4.78, 5) is 0.715. The van der Waals surface area contributed by atoms with Crippen LogP contribution in [0.3, 0.4) is 0 Å². The summed E-state index contributed by atoms with van der Waals surface area (Å²) in [5, 5.41) is 9.20. The molecule has 21 heavy (non-hydrogen) atoms. The van der Waals surface area contributed by atoms with Crippen LogP contribution in [-0.4, -0.2) is 31.1 Å². The van der Waals surface area contributed by atoms with Crippen molar-refractivity contribution in [2.45, 2.75) is 54.6 Å². The summed E-state index contributed by atoms with van der Waals surface area (Å²) in [6, 6.07) is 1.64. The highest BCUT2D eigenvalue weighted by Crippen LogP contribution is 2.38. The van der Waals surface area contributed by atoms with Crippen LogP contribution < -0.4 is 4.72 Å². The molecule has 1 aromatic heterocycles. The van der Waals surface area contributed by atoms with Crippen LogP contribution in [0.25, 0.3) is 0 Å². The second kappa shape index (κ2) is 7.00. The monoisotopic (exact) mass is 349 g/mol. The molecule has 2 N–H and O–H groups in total. The molecule has 0 atom stereocenters. The summed E-state index contributed by atoms with van der Waals surface area (Å²) < 4.78 is 28.0. The molecule has 0 aliphatic heterocycles. The maximum atomic E-state index is 12.4. The number of aliphatic hydroxyl groups excluding tert-OH is 1. The summed E-state index contributed by atoms with van der Waals surface area (Å²) in [6.45, 7) is 2.20. The van der Waals surface area contributed by atoms with Crippen molar-refractivity contribution in [2.75, 3.05) is 12.8 Å². The van der Waals surface area contributed by atoms with Gasteiger partial charge in [0.15, 0.2) is 0 Å². The van der Waals surface area contributed by atoms with Gasteiger partial charge in [-0.05, 0) is 37.7 Å². The van der Waals surface area contributed by atoms with Crippen LogP contribution in [-0.2, 0) is 16.6 Å². The van der Waals surface area contributed by atoms with Crippen molar-refractivity contribution in [1.82, 2.24) is 4.72 Å². The Balaban J connectivity index is 2.09. The third kappa shape index (κ3) is 4.01. The Bertz CT molecular complexity index is 574. The van der Waals surface area contributed by atoms with E-state index in [0.29, 0.717) is 15.6 Å². The van der Waals surface area contributed by atoms with E-state index in [0.717, 1.165) is 29.7 Å². The third-order valence-corrected chi connectivity index (χ3v) is 8.70. The molecular formula is C14H23NO3S3. The van der Waals surface area contributed by atoms with E-state index in [2.05, 4.69) is 11.0 Å². The summed E-state index contributed by atoms with van der Waals surface area (Å²) in [6.07, 6.45) is 7.81. The fraction of sp³-hybridized carbons (Fsp3) is 0.714. The minimum atomic E-state index is -3.48. The first kappa shape index (κ1) is 17.3. The molecule has 1 aliphatic carbocycles. The number of hydrogen-bond acceptors (Lipinski definition) is 5. The topological polar surface area (TPSA) is 66.4 Å². The molecule has 0 unspecified atom stereocenters. The Kier molecular flexibility index (Phi) is 5.76. The van der Waals surface area contributed by atoms with Crippen molar-refractivity contribution in [3.63, 3.8) is 0 Å². The number of thioether (sulfide) groups is 1. The molecule has 4 nitrogen and oxygen atoms in total. The van der Waals surface area contributed by atoms with E-state index in [4.69, 9.17) is 0 Å². The Morgan fingerprint density at radius 3 is 2.57 bits per heavy atom. The number of aliphatic hydroxyl groups is 1. The smallest absolute Gasteiger partial charge is 0.250 e. The van der Waals surface area contributed by atoms with Crippen molar-refractivity contribution in [2.24, 2.45) is 0 Å². The molecule has 0 aromatic carbocycles. The molecule has 0 spiro atoms. The molecule has 0 bridgehead atoms. The molecule has 1 aromatic rings. The van der Waals surface area contributed by atoms with Crippen LogP contribution in [0.4, 0.5) is 0 Å². The number of rotatable bonds is 6. The van der Waals surface area contributed by atoms with Gasteiger partial charge in [0, 0.05) is 16.2 Å². The largest absolute Gasteiger partial charge is 0.391 e. The van der Waals surface area contributed by atoms with Crippen LogP contribution in [0, 0.1) is 6.92 Å². The molecule has 7 heteroatoms. The van der Waals surface area contributed by atoms with E-state index < -0.39 is 10.0 Å². The summed E-state index contributed by atoms with van der Waals surface area (Å²) in [5.41, 5.74) is 0.833. The highest BCUT2D eigenvalue weighted by molar-refractivity contribution is 8.00. The third-order valence-electron chi connectivity index (χ3n) is 4.19. The number of nitrogens with one attached hydrogen (secondary N) is 1. The second-order valence-corrected chi connectivity index (χ2v) is 10.0. The zero-order valence-corrected chi connectivity index (χ0v) is 15.0. The van der Waals surface area contributed by atoms with Crippen molar-refractivity contribution < 1.29 is 13.5 Å². The Hall–Kier alpha value is -0.0800. The molecule has 1 fully saturated rings. The van der Waals surface area contributed by atoms with Crippen LogP contribution in [0.5, 0.6) is 0 Å². The number of hydrogen-bond donors (Lipinski definition) is 2. The molecule has 1 heterocycles. The van der Waals surface area contributed by atoms with E-state index in [1.807, 2.05) is 6.92 Å². The van der Waals surface area contributed by atoms with E-state index >= 15 is 0 Å². The molecule has 120 valence electrons. The zero-order valence-electron chi connectivity index (χ0n) is 12.5. The SMILES string of the molecule is CSC1(CNS(=O)(=O)c2cc(C)c(CO)s2)CCCCC1. The summed E-state index contributed by atoms with van der Waals surface area (Å²) in [7, 11) is -3.48. The van der Waals surface area contributed by atoms with E-state index in [1.54, 1.807) is 17.8 Å². The van der Waals surface area contributed by atoms with Gasteiger partial charge < -0.3 is 5.11 Å². The Labute approximate surface area is 135 Å². The van der Waals surface area contributed by atoms with Crippen molar-refractivity contribution in [1.29, 1.82) is 0 Å². The lowest BCUT2D eigenvalue weighted by Crippen LogP contribution is -2.41.